The summed E-state index contributed by atoms with van der Waals surface area (Å²) in [7, 11) is 1.93. The minimum Gasteiger partial charge on any atom is -0.370 e. The number of likely N-dealkylation sites (tertiary alicyclic amines) is 1. The van der Waals surface area contributed by atoms with Gasteiger partial charge in [0.15, 0.2) is 5.96 Å². The van der Waals surface area contributed by atoms with Gasteiger partial charge in [0, 0.05) is 45.8 Å². The maximum Gasteiger partial charge on any atom is 0.217 e. The highest BCUT2D eigenvalue weighted by molar-refractivity contribution is 5.80. The molecule has 7 heteroatoms. The summed E-state index contributed by atoms with van der Waals surface area (Å²) < 4.78 is 1.83. The van der Waals surface area contributed by atoms with E-state index in [1.165, 1.54) is 5.56 Å². The Bertz CT molecular complexity index is 553. The van der Waals surface area contributed by atoms with E-state index >= 15 is 0 Å². The van der Waals surface area contributed by atoms with Crippen LogP contribution in [0.3, 0.4) is 0 Å². The molecule has 1 atom stereocenters. The molecule has 0 bridgehead atoms. The van der Waals surface area contributed by atoms with Gasteiger partial charge in [-0.05, 0) is 44.1 Å². The number of piperidine rings is 1. The molecule has 1 saturated heterocycles. The molecule has 0 radical (unpaired) electrons. The summed E-state index contributed by atoms with van der Waals surface area (Å²) >= 11 is 0. The van der Waals surface area contributed by atoms with Crippen LogP contribution in [-0.4, -0.2) is 52.7 Å². The lowest BCUT2D eigenvalue weighted by molar-refractivity contribution is -0.119. The first-order valence-corrected chi connectivity index (χ1v) is 8.87. The standard InChI is InChI=1S/C17H30N6O/c1-3-19-17(20-8-4-6-15-11-21-22(2)12-15)23-9-5-7-14(13-23)10-16(18)24/h11-12,14H,3-10,13H2,1-2H3,(H2,18,24)(H,19,20). The van der Waals surface area contributed by atoms with Gasteiger partial charge in [0.05, 0.1) is 6.20 Å². The lowest BCUT2D eigenvalue weighted by Crippen LogP contribution is -2.47. The topological polar surface area (TPSA) is 88.5 Å². The van der Waals surface area contributed by atoms with Crippen molar-refractivity contribution in [2.75, 3.05) is 26.2 Å². The van der Waals surface area contributed by atoms with Crippen LogP contribution in [-0.2, 0) is 18.3 Å². The summed E-state index contributed by atoms with van der Waals surface area (Å²) in [6.45, 7) is 5.56. The number of nitrogens with two attached hydrogens (primary N) is 1. The zero-order chi connectivity index (χ0) is 17.4. The van der Waals surface area contributed by atoms with Crippen LogP contribution in [0.1, 0.15) is 38.2 Å². The van der Waals surface area contributed by atoms with Gasteiger partial charge in [-0.3, -0.25) is 14.5 Å². The predicted molar refractivity (Wildman–Crippen MR) is 95.6 cm³/mol. The second kappa shape index (κ2) is 9.30. The zero-order valence-corrected chi connectivity index (χ0v) is 14.9. The van der Waals surface area contributed by atoms with E-state index in [0.29, 0.717) is 12.3 Å². The smallest absolute Gasteiger partial charge is 0.217 e. The van der Waals surface area contributed by atoms with Gasteiger partial charge < -0.3 is 16.0 Å². The van der Waals surface area contributed by atoms with Crippen LogP contribution in [0.4, 0.5) is 0 Å². The molecular formula is C17H30N6O. The number of primary amides is 1. The number of nitrogens with one attached hydrogen (secondary N) is 1. The lowest BCUT2D eigenvalue weighted by Gasteiger charge is -2.34. The number of nitrogens with zero attached hydrogens (tertiary/aromatic N) is 4. The monoisotopic (exact) mass is 334 g/mol. The van der Waals surface area contributed by atoms with Gasteiger partial charge in [0.25, 0.3) is 0 Å². The first-order chi connectivity index (χ1) is 11.6. The molecule has 24 heavy (non-hydrogen) atoms. The molecule has 1 aromatic rings. The quantitative estimate of drug-likeness (QED) is 0.441. The van der Waals surface area contributed by atoms with Crippen LogP contribution >= 0.6 is 0 Å². The maximum absolute atomic E-state index is 11.2. The molecule has 1 fully saturated rings. The van der Waals surface area contributed by atoms with E-state index in [1.807, 2.05) is 24.1 Å². The highest BCUT2D eigenvalue weighted by atomic mass is 16.1. The number of carbonyl (C=O) groups is 1. The van der Waals surface area contributed by atoms with E-state index in [-0.39, 0.29) is 5.91 Å². The Balaban J connectivity index is 1.85. The highest BCUT2D eigenvalue weighted by Gasteiger charge is 2.23. The molecule has 0 aliphatic carbocycles. The minimum atomic E-state index is -0.208. The highest BCUT2D eigenvalue weighted by Crippen LogP contribution is 2.19. The molecule has 1 aliphatic heterocycles. The number of rotatable bonds is 7. The average Bonchev–Trinajstić information content (AvgIpc) is 2.95. The van der Waals surface area contributed by atoms with Crippen LogP contribution in [0, 0.1) is 5.92 Å². The largest absolute Gasteiger partial charge is 0.370 e. The molecule has 0 saturated carbocycles. The number of aliphatic imine (C=N–C) groups is 1. The van der Waals surface area contributed by atoms with E-state index in [1.54, 1.807) is 0 Å². The normalized spacial score (nSPS) is 18.7. The van der Waals surface area contributed by atoms with Crippen LogP contribution in [0.2, 0.25) is 0 Å². The van der Waals surface area contributed by atoms with Gasteiger partial charge in [0.1, 0.15) is 0 Å². The van der Waals surface area contributed by atoms with Crippen molar-refractivity contribution in [2.45, 2.75) is 39.0 Å². The molecule has 3 N–H and O–H groups in total. The Labute approximate surface area is 144 Å². The molecule has 2 heterocycles. The van der Waals surface area contributed by atoms with Crippen molar-refractivity contribution in [1.82, 2.24) is 20.0 Å². The number of hydrogen-bond donors (Lipinski definition) is 2. The first kappa shape index (κ1) is 18.3. The second-order valence-corrected chi connectivity index (χ2v) is 6.49. The fraction of sp³-hybridized carbons (Fsp3) is 0.706. The second-order valence-electron chi connectivity index (χ2n) is 6.49. The Morgan fingerprint density at radius 1 is 1.54 bits per heavy atom. The van der Waals surface area contributed by atoms with E-state index in [4.69, 9.17) is 10.7 Å². The van der Waals surface area contributed by atoms with Gasteiger partial charge in [-0.1, -0.05) is 0 Å². The molecule has 1 amide bonds. The molecule has 2 rings (SSSR count). The van der Waals surface area contributed by atoms with Crippen molar-refractivity contribution in [3.63, 3.8) is 0 Å². The van der Waals surface area contributed by atoms with E-state index in [0.717, 1.165) is 57.8 Å². The van der Waals surface area contributed by atoms with Crippen LogP contribution in [0.5, 0.6) is 0 Å². The maximum atomic E-state index is 11.2. The predicted octanol–water partition coefficient (Wildman–Crippen LogP) is 0.906. The Morgan fingerprint density at radius 3 is 3.04 bits per heavy atom. The number of guanidine groups is 1. The molecule has 1 unspecified atom stereocenters. The SMILES string of the molecule is CCNC(=NCCCc1cnn(C)c1)N1CCCC(CC(N)=O)C1. The number of amides is 1. The third-order valence-corrected chi connectivity index (χ3v) is 4.29. The summed E-state index contributed by atoms with van der Waals surface area (Å²) in [4.78, 5) is 18.2. The summed E-state index contributed by atoms with van der Waals surface area (Å²) in [5.41, 5.74) is 6.60. The third-order valence-electron chi connectivity index (χ3n) is 4.29. The average molecular weight is 334 g/mol. The molecule has 0 spiro atoms. The summed E-state index contributed by atoms with van der Waals surface area (Å²) in [5, 5.41) is 7.56. The molecular weight excluding hydrogens is 304 g/mol. The summed E-state index contributed by atoms with van der Waals surface area (Å²) in [6, 6.07) is 0. The molecule has 0 aromatic carbocycles. The molecule has 1 aromatic heterocycles. The Kier molecular flexibility index (Phi) is 7.08. The molecule has 7 nitrogen and oxygen atoms in total. The van der Waals surface area contributed by atoms with Gasteiger partial charge in [-0.2, -0.15) is 5.10 Å². The molecule has 1 aliphatic rings. The third kappa shape index (κ3) is 5.86. The van der Waals surface area contributed by atoms with Crippen molar-refractivity contribution in [3.8, 4) is 0 Å². The fourth-order valence-corrected chi connectivity index (χ4v) is 3.20. The minimum absolute atomic E-state index is 0.208. The van der Waals surface area contributed by atoms with Crippen molar-refractivity contribution in [1.29, 1.82) is 0 Å². The summed E-state index contributed by atoms with van der Waals surface area (Å²) in [5.74, 6) is 1.09. The Hall–Kier alpha value is -2.05. The fourth-order valence-electron chi connectivity index (χ4n) is 3.20. The van der Waals surface area contributed by atoms with E-state index in [9.17, 15) is 4.79 Å². The van der Waals surface area contributed by atoms with Crippen LogP contribution in [0.15, 0.2) is 17.4 Å². The number of aryl methyl sites for hydroxylation is 2. The Morgan fingerprint density at radius 2 is 2.38 bits per heavy atom. The first-order valence-electron chi connectivity index (χ1n) is 8.87. The number of aromatic nitrogens is 2. The number of carbonyl (C=O) groups excluding carboxylic acids is 1. The van der Waals surface area contributed by atoms with Gasteiger partial charge in [0.2, 0.25) is 5.91 Å². The van der Waals surface area contributed by atoms with Gasteiger partial charge in [-0.25, -0.2) is 0 Å². The van der Waals surface area contributed by atoms with Gasteiger partial charge >= 0.3 is 0 Å². The summed E-state index contributed by atoms with van der Waals surface area (Å²) in [6.07, 6.45) is 8.57. The van der Waals surface area contributed by atoms with Crippen molar-refractivity contribution in [3.05, 3.63) is 18.0 Å². The van der Waals surface area contributed by atoms with Crippen molar-refractivity contribution < 1.29 is 4.79 Å². The van der Waals surface area contributed by atoms with Crippen LogP contribution in [0.25, 0.3) is 0 Å². The van der Waals surface area contributed by atoms with Crippen molar-refractivity contribution >= 4 is 11.9 Å². The molecule has 134 valence electrons. The zero-order valence-electron chi connectivity index (χ0n) is 14.9. The van der Waals surface area contributed by atoms with E-state index < -0.39 is 0 Å². The van der Waals surface area contributed by atoms with Crippen molar-refractivity contribution in [2.24, 2.45) is 23.7 Å². The number of hydrogen-bond acceptors (Lipinski definition) is 3. The lowest BCUT2D eigenvalue weighted by atomic mass is 9.95. The van der Waals surface area contributed by atoms with E-state index in [2.05, 4.69) is 22.2 Å². The van der Waals surface area contributed by atoms with Gasteiger partial charge in [-0.15, -0.1) is 0 Å². The van der Waals surface area contributed by atoms with Crippen LogP contribution < -0.4 is 11.1 Å².